The third-order valence-corrected chi connectivity index (χ3v) is 4.62. The smallest absolute Gasteiger partial charge is 0.287 e. The fourth-order valence-electron chi connectivity index (χ4n) is 3.44. The van der Waals surface area contributed by atoms with Crippen molar-refractivity contribution in [3.8, 4) is 0 Å². The van der Waals surface area contributed by atoms with Gasteiger partial charge in [-0.1, -0.05) is 0 Å². The lowest BCUT2D eigenvalue weighted by molar-refractivity contribution is -0.384. The Morgan fingerprint density at radius 1 is 1.50 bits per heavy atom. The van der Waals surface area contributed by atoms with Crippen LogP contribution in [0, 0.1) is 22.0 Å². The van der Waals surface area contributed by atoms with Crippen LogP contribution in [0.25, 0.3) is 0 Å². The number of aromatic nitrogens is 1. The predicted molar refractivity (Wildman–Crippen MR) is 72.4 cm³/mol. The molecule has 2 saturated heterocycles. The van der Waals surface area contributed by atoms with Crippen LogP contribution >= 0.6 is 0 Å². The standard InChI is InChI=1S/C13H18N4O3/c1-8-11-5-14-4-9(11)6-16(8)13(18)12-3-10(17(19)20)7-15(12)2/h3,7-9,11,14H,4-6H2,1-2H3. The van der Waals surface area contributed by atoms with Gasteiger partial charge in [0, 0.05) is 38.8 Å². The summed E-state index contributed by atoms with van der Waals surface area (Å²) in [6, 6.07) is 1.54. The van der Waals surface area contributed by atoms with Crippen LogP contribution in [0.15, 0.2) is 12.3 Å². The highest BCUT2D eigenvalue weighted by atomic mass is 16.6. The summed E-state index contributed by atoms with van der Waals surface area (Å²) in [7, 11) is 1.67. The number of aryl methyl sites for hydroxylation is 1. The van der Waals surface area contributed by atoms with Crippen molar-refractivity contribution in [3.05, 3.63) is 28.1 Å². The lowest BCUT2D eigenvalue weighted by Crippen LogP contribution is -2.38. The molecule has 0 saturated carbocycles. The molecule has 0 bridgehead atoms. The number of nitro groups is 1. The summed E-state index contributed by atoms with van der Waals surface area (Å²) in [4.78, 5) is 24.8. The van der Waals surface area contributed by atoms with Crippen molar-refractivity contribution in [2.24, 2.45) is 18.9 Å². The molecule has 0 aliphatic carbocycles. The fourth-order valence-corrected chi connectivity index (χ4v) is 3.44. The Balaban J connectivity index is 1.84. The van der Waals surface area contributed by atoms with Gasteiger partial charge < -0.3 is 14.8 Å². The van der Waals surface area contributed by atoms with Crippen LogP contribution in [0.5, 0.6) is 0 Å². The summed E-state index contributed by atoms with van der Waals surface area (Å²) in [6.07, 6.45) is 1.39. The van der Waals surface area contributed by atoms with E-state index in [2.05, 4.69) is 12.2 Å². The van der Waals surface area contributed by atoms with Gasteiger partial charge in [0.05, 0.1) is 11.1 Å². The van der Waals surface area contributed by atoms with Crippen molar-refractivity contribution < 1.29 is 9.72 Å². The zero-order chi connectivity index (χ0) is 14.4. The van der Waals surface area contributed by atoms with Crippen LogP contribution in [-0.4, -0.2) is 46.0 Å². The van der Waals surface area contributed by atoms with Crippen LogP contribution in [0.4, 0.5) is 5.69 Å². The average molecular weight is 278 g/mol. The number of amides is 1. The van der Waals surface area contributed by atoms with Gasteiger partial charge in [-0.2, -0.15) is 0 Å². The Hall–Kier alpha value is -1.89. The van der Waals surface area contributed by atoms with Gasteiger partial charge in [0.15, 0.2) is 0 Å². The first-order valence-corrected chi connectivity index (χ1v) is 6.81. The summed E-state index contributed by atoms with van der Waals surface area (Å²) >= 11 is 0. The number of rotatable bonds is 2. The molecule has 2 aliphatic rings. The maximum Gasteiger partial charge on any atom is 0.287 e. The number of nitrogens with zero attached hydrogens (tertiary/aromatic N) is 3. The first kappa shape index (κ1) is 13.1. The Kier molecular flexibility index (Phi) is 3.01. The number of hydrogen-bond acceptors (Lipinski definition) is 4. The first-order valence-electron chi connectivity index (χ1n) is 6.81. The van der Waals surface area contributed by atoms with E-state index < -0.39 is 4.92 Å². The molecule has 7 nitrogen and oxygen atoms in total. The van der Waals surface area contributed by atoms with Crippen molar-refractivity contribution in [2.75, 3.05) is 19.6 Å². The van der Waals surface area contributed by atoms with E-state index in [1.807, 2.05) is 4.90 Å². The molecule has 0 radical (unpaired) electrons. The van der Waals surface area contributed by atoms with Gasteiger partial charge in [0.25, 0.3) is 11.6 Å². The number of carbonyl (C=O) groups is 1. The van der Waals surface area contributed by atoms with Crippen molar-refractivity contribution in [3.63, 3.8) is 0 Å². The van der Waals surface area contributed by atoms with Crippen molar-refractivity contribution in [1.29, 1.82) is 0 Å². The summed E-state index contributed by atoms with van der Waals surface area (Å²) < 4.78 is 1.54. The number of nitrogens with one attached hydrogen (secondary N) is 1. The molecule has 3 unspecified atom stereocenters. The highest BCUT2D eigenvalue weighted by Crippen LogP contribution is 2.33. The molecule has 3 atom stereocenters. The van der Waals surface area contributed by atoms with Gasteiger partial charge in [0.1, 0.15) is 5.69 Å². The fraction of sp³-hybridized carbons (Fsp3) is 0.615. The zero-order valence-corrected chi connectivity index (χ0v) is 11.6. The summed E-state index contributed by atoms with van der Waals surface area (Å²) in [5.41, 5.74) is 0.348. The van der Waals surface area contributed by atoms with Crippen molar-refractivity contribution >= 4 is 11.6 Å². The van der Waals surface area contributed by atoms with Crippen LogP contribution < -0.4 is 5.32 Å². The van der Waals surface area contributed by atoms with Gasteiger partial charge in [-0.15, -0.1) is 0 Å². The molecule has 3 rings (SSSR count). The highest BCUT2D eigenvalue weighted by molar-refractivity contribution is 5.94. The largest absolute Gasteiger partial charge is 0.340 e. The number of fused-ring (bicyclic) bond motifs is 1. The summed E-state index contributed by atoms with van der Waals surface area (Å²) in [5, 5.41) is 14.1. The summed E-state index contributed by atoms with van der Waals surface area (Å²) in [5.74, 6) is 0.890. The molecule has 1 N–H and O–H groups in total. The molecule has 7 heteroatoms. The number of carbonyl (C=O) groups excluding carboxylic acids is 1. The number of hydrogen-bond donors (Lipinski definition) is 1. The molecule has 2 aliphatic heterocycles. The van der Waals surface area contributed by atoms with E-state index >= 15 is 0 Å². The van der Waals surface area contributed by atoms with Crippen LogP contribution in [-0.2, 0) is 7.05 Å². The molecule has 108 valence electrons. The molecular formula is C13H18N4O3. The van der Waals surface area contributed by atoms with Crippen LogP contribution in [0.3, 0.4) is 0 Å². The second-order valence-electron chi connectivity index (χ2n) is 5.73. The average Bonchev–Trinajstić information content (AvgIpc) is 3.05. The molecule has 0 spiro atoms. The Labute approximate surface area is 116 Å². The molecular weight excluding hydrogens is 260 g/mol. The molecule has 1 aromatic rings. The minimum Gasteiger partial charge on any atom is -0.340 e. The van der Waals surface area contributed by atoms with Gasteiger partial charge >= 0.3 is 0 Å². The molecule has 1 aromatic heterocycles. The Morgan fingerprint density at radius 2 is 2.25 bits per heavy atom. The molecule has 1 amide bonds. The molecule has 3 heterocycles. The quantitative estimate of drug-likeness (QED) is 0.635. The van der Waals surface area contributed by atoms with E-state index in [4.69, 9.17) is 0 Å². The monoisotopic (exact) mass is 278 g/mol. The van der Waals surface area contributed by atoms with E-state index in [0.29, 0.717) is 17.5 Å². The molecule has 2 fully saturated rings. The topological polar surface area (TPSA) is 80.4 Å². The maximum absolute atomic E-state index is 12.6. The SMILES string of the molecule is CC1C2CNCC2CN1C(=O)c1cc([N+](=O)[O-])cn1C. The lowest BCUT2D eigenvalue weighted by Gasteiger charge is -2.24. The van der Waals surface area contributed by atoms with Gasteiger partial charge in [-0.05, 0) is 18.8 Å². The lowest BCUT2D eigenvalue weighted by atomic mass is 9.95. The summed E-state index contributed by atoms with van der Waals surface area (Å²) in [6.45, 7) is 4.69. The van der Waals surface area contributed by atoms with E-state index in [9.17, 15) is 14.9 Å². The second-order valence-corrected chi connectivity index (χ2v) is 5.73. The minimum absolute atomic E-state index is 0.0374. The van der Waals surface area contributed by atoms with Crippen molar-refractivity contribution in [2.45, 2.75) is 13.0 Å². The zero-order valence-electron chi connectivity index (χ0n) is 11.6. The number of likely N-dealkylation sites (tertiary alicyclic amines) is 1. The van der Waals surface area contributed by atoms with E-state index in [1.165, 1.54) is 12.3 Å². The van der Waals surface area contributed by atoms with Crippen LogP contribution in [0.2, 0.25) is 0 Å². The van der Waals surface area contributed by atoms with Crippen LogP contribution in [0.1, 0.15) is 17.4 Å². The minimum atomic E-state index is -0.469. The Bertz CT molecular complexity index is 568. The maximum atomic E-state index is 12.6. The molecule has 20 heavy (non-hydrogen) atoms. The first-order chi connectivity index (χ1) is 9.49. The van der Waals surface area contributed by atoms with E-state index in [-0.39, 0.29) is 17.6 Å². The second kappa shape index (κ2) is 4.59. The van der Waals surface area contributed by atoms with Gasteiger partial charge in [-0.25, -0.2) is 0 Å². The van der Waals surface area contributed by atoms with E-state index in [0.717, 1.165) is 19.6 Å². The van der Waals surface area contributed by atoms with Gasteiger partial charge in [-0.3, -0.25) is 14.9 Å². The highest BCUT2D eigenvalue weighted by Gasteiger charge is 2.44. The van der Waals surface area contributed by atoms with Gasteiger partial charge in [0.2, 0.25) is 0 Å². The Morgan fingerprint density at radius 3 is 2.85 bits per heavy atom. The third-order valence-electron chi connectivity index (χ3n) is 4.62. The van der Waals surface area contributed by atoms with E-state index in [1.54, 1.807) is 11.6 Å². The third kappa shape index (κ3) is 1.89. The molecule has 0 aromatic carbocycles. The van der Waals surface area contributed by atoms with Crippen molar-refractivity contribution in [1.82, 2.24) is 14.8 Å². The predicted octanol–water partition coefficient (Wildman–Crippen LogP) is 0.613. The normalized spacial score (nSPS) is 28.7.